The summed E-state index contributed by atoms with van der Waals surface area (Å²) in [5.41, 5.74) is 29.1. The topological polar surface area (TPSA) is 201 Å². The summed E-state index contributed by atoms with van der Waals surface area (Å²) in [7, 11) is 0. The fourth-order valence-electron chi connectivity index (χ4n) is 18.5. The van der Waals surface area contributed by atoms with Gasteiger partial charge >= 0.3 is 6.18 Å². The van der Waals surface area contributed by atoms with Crippen LogP contribution in [0.5, 0.6) is 0 Å². The minimum absolute atomic E-state index is 0.0393. The highest BCUT2D eigenvalue weighted by molar-refractivity contribution is 5.86. The van der Waals surface area contributed by atoms with Crippen LogP contribution in [0, 0.1) is 26.6 Å². The first-order chi connectivity index (χ1) is 66.1. The molecule has 3 aliphatic heterocycles. The van der Waals surface area contributed by atoms with Crippen molar-refractivity contribution in [3.63, 3.8) is 0 Å². The maximum Gasteiger partial charge on any atom is 0.416 e. The van der Waals surface area contributed by atoms with Crippen molar-refractivity contribution in [1.29, 1.82) is 0 Å². The first-order valence-corrected chi connectivity index (χ1v) is 45.9. The molecule has 15 aromatic heterocycles. The molecule has 0 spiro atoms. The van der Waals surface area contributed by atoms with E-state index < -0.39 is 11.7 Å². The van der Waals surface area contributed by atoms with Gasteiger partial charge in [-0.3, -0.25) is 38.1 Å². The van der Waals surface area contributed by atoms with Gasteiger partial charge < -0.3 is 33.7 Å². The number of hydrogen-bond acceptors (Lipinski definition) is 15. The zero-order chi connectivity index (χ0) is 92.0. The number of rotatable bonds is 16. The average Bonchev–Trinajstić information content (AvgIpc) is 1.42. The van der Waals surface area contributed by atoms with E-state index in [-0.39, 0.29) is 19.0 Å². The number of halogens is 4. The van der Waals surface area contributed by atoms with Crippen LogP contribution in [0.4, 0.5) is 35.0 Å². The maximum atomic E-state index is 13.6. The summed E-state index contributed by atoms with van der Waals surface area (Å²) in [6.07, 6.45) is 34.1. The van der Waals surface area contributed by atoms with Crippen LogP contribution in [-0.4, -0.2) is 121 Å². The zero-order valence-electron chi connectivity index (χ0n) is 75.0. The second-order valence-electron chi connectivity index (χ2n) is 34.7. The van der Waals surface area contributed by atoms with Gasteiger partial charge in [-0.15, -0.1) is 0 Å². The number of aliphatic hydroxyl groups is 2. The van der Waals surface area contributed by atoms with Crippen molar-refractivity contribution in [2.24, 2.45) is 0 Å². The molecule has 0 atom stereocenters. The molecule has 4 fully saturated rings. The normalized spacial score (nSPS) is 13.7. The van der Waals surface area contributed by atoms with Crippen molar-refractivity contribution in [3.8, 4) is 112 Å². The van der Waals surface area contributed by atoms with E-state index >= 15 is 0 Å². The van der Waals surface area contributed by atoms with Crippen LogP contribution >= 0.6 is 0 Å². The number of hydrogen-bond donors (Lipinski definition) is 2. The molecule has 5 aromatic carbocycles. The summed E-state index contributed by atoms with van der Waals surface area (Å²) in [6, 6.07) is 76.3. The third-order valence-corrected chi connectivity index (χ3v) is 25.5. The predicted molar refractivity (Wildman–Crippen MR) is 527 cm³/mol. The van der Waals surface area contributed by atoms with E-state index in [4.69, 9.17) is 9.97 Å². The monoisotopic (exact) mass is 1790 g/mol. The fourth-order valence-corrected chi connectivity index (χ4v) is 18.5. The highest BCUT2D eigenvalue weighted by Gasteiger charge is 2.32. The quantitative estimate of drug-likeness (QED) is 0.0865. The van der Waals surface area contributed by atoms with Crippen LogP contribution in [0.25, 0.3) is 140 Å². The van der Waals surface area contributed by atoms with Crippen LogP contribution in [0.15, 0.2) is 330 Å². The Bertz CT molecular complexity index is 7680. The molecule has 1 aliphatic carbocycles. The number of pyridine rings is 10. The van der Waals surface area contributed by atoms with Gasteiger partial charge in [-0.1, -0.05) is 108 Å². The smallest absolute Gasteiger partial charge is 0.390 e. The van der Waals surface area contributed by atoms with Gasteiger partial charge in [0, 0.05) is 185 Å². The molecule has 135 heavy (non-hydrogen) atoms. The van der Waals surface area contributed by atoms with Crippen molar-refractivity contribution >= 4 is 45.7 Å². The lowest BCUT2D eigenvalue weighted by Crippen LogP contribution is -2.19. The molecule has 3 saturated heterocycles. The molecule has 18 heterocycles. The Hall–Kier alpha value is -15.7. The Kier molecular flexibility index (Phi) is 25.0. The number of fused-ring (bicyclic) bond motifs is 5. The Labute approximate surface area is 778 Å². The summed E-state index contributed by atoms with van der Waals surface area (Å²) in [4.78, 5) is 52.5. The highest BCUT2D eigenvalue weighted by atomic mass is 19.4. The molecule has 20 aromatic rings. The summed E-state index contributed by atoms with van der Waals surface area (Å²) >= 11 is 0. The Morgan fingerprint density at radius 1 is 0.304 bits per heavy atom. The summed E-state index contributed by atoms with van der Waals surface area (Å²) in [5, 5.41) is 18.9. The Morgan fingerprint density at radius 3 is 0.941 bits per heavy atom. The number of alkyl halides is 3. The minimum Gasteiger partial charge on any atom is -0.390 e. The SMILES string of the molecule is Cc1cc(-c2ncccc2-c2ccc3ncc(CO)n3c2)ccc1F.Cc1cccc(-c2ncccc2-c2ccc3ncc(CO)n3c2)c1.Cc1cccc(-c2ncccc2-c2ccc3ncc(N4CCCC4)n3c2)c1.FC(F)(F)c1cccc(-c2ncccc2-c2ccc3ncc(N4CCCC4)n3c2)c1.c1cc(-c2ncccc2-c2ccc3ncc(N4CCCC4)n3c2)cc(C2CC2)c1. The molecule has 20 nitrogen and oxygen atoms in total. The van der Waals surface area contributed by atoms with Crippen LogP contribution in [0.3, 0.4) is 0 Å². The molecule has 0 amide bonds. The van der Waals surface area contributed by atoms with Crippen molar-refractivity contribution in [1.82, 2.24) is 71.8 Å². The molecule has 24 rings (SSSR count). The van der Waals surface area contributed by atoms with Crippen molar-refractivity contribution in [2.45, 2.75) is 97.4 Å². The lowest BCUT2D eigenvalue weighted by atomic mass is 9.98. The third kappa shape index (κ3) is 18.7. The first kappa shape index (κ1) is 87.3. The molecule has 0 unspecified atom stereocenters. The fraction of sp³-hybridized carbons (Fsp3) is 0.189. The second-order valence-corrected chi connectivity index (χ2v) is 34.7. The molecule has 0 radical (unpaired) electrons. The van der Waals surface area contributed by atoms with E-state index in [0.29, 0.717) is 16.8 Å². The van der Waals surface area contributed by atoms with E-state index in [2.05, 4.69) is 199 Å². The molecular weight excluding hydrogens is 1690 g/mol. The molecule has 1 saturated carbocycles. The van der Waals surface area contributed by atoms with Gasteiger partial charge in [0.25, 0.3) is 0 Å². The average molecular weight is 1790 g/mol. The summed E-state index contributed by atoms with van der Waals surface area (Å²) in [6.45, 7) is 12.3. The summed E-state index contributed by atoms with van der Waals surface area (Å²) < 4.78 is 63.5. The Morgan fingerprint density at radius 2 is 0.607 bits per heavy atom. The Balaban J connectivity index is 0.000000105. The number of aromatic nitrogens is 15. The van der Waals surface area contributed by atoms with Gasteiger partial charge in [-0.2, -0.15) is 13.2 Å². The second kappa shape index (κ2) is 38.6. The number of aliphatic hydroxyl groups excluding tert-OH is 2. The standard InChI is InChI=1S/C25H24N4.C23H19F3N4.C23H22N4.C20H16FN3O.C20H17N3O/c1-2-14-28(13-1)24-16-27-23-11-10-21(17-29(23)24)22-7-4-12-26-25(22)20-6-3-5-19(15-20)18-8-9-18;24-23(25,26)18-6-3-5-16(13-18)22-19(7-4-10-27-22)17-8-9-20-28-14-21(30(20)15-17)29-11-1-2-12-29;1-17-6-4-7-18(14-17)23-20(8-5-11-24-23)19-9-10-21-25-15-22(27(21)16-19)26-12-2-3-13-26;1-13-9-14(4-6-18(13)21)20-17(3-2-8-22-20)15-5-7-19-23-10-16(12-25)24(19)11-15;1-14-4-2-5-15(10-14)20-18(6-3-9-21-20)16-7-8-19-22-11-17(13-24)23(19)12-16/h3-7,10-12,15-18H,1-2,8-9,13-14H2;3-10,13-15H,1-2,11-12H2;4-11,14-16H,2-3,12-13H2,1H3;2-11,25H,12H2,1H3;2-12,24H,13H2,1H3. The lowest BCUT2D eigenvalue weighted by Gasteiger charge is -2.17. The molecule has 24 heteroatoms. The van der Waals surface area contributed by atoms with Crippen LogP contribution in [0.1, 0.15) is 96.5 Å². The first-order valence-electron chi connectivity index (χ1n) is 45.9. The maximum absolute atomic E-state index is 13.6. The van der Waals surface area contributed by atoms with E-state index in [9.17, 15) is 27.8 Å². The minimum atomic E-state index is -4.40. The van der Waals surface area contributed by atoms with Crippen LogP contribution < -0.4 is 14.7 Å². The van der Waals surface area contributed by atoms with Gasteiger partial charge in [-0.25, -0.2) is 29.3 Å². The largest absolute Gasteiger partial charge is 0.416 e. The van der Waals surface area contributed by atoms with Crippen molar-refractivity contribution in [2.75, 3.05) is 54.0 Å². The molecule has 4 aliphatic rings. The molecular formula is C111H98F4N18O2. The van der Waals surface area contributed by atoms with E-state index in [1.165, 1.54) is 95.7 Å². The molecule has 672 valence electrons. The van der Waals surface area contributed by atoms with Gasteiger partial charge in [0.05, 0.1) is 89.6 Å². The highest BCUT2D eigenvalue weighted by Crippen LogP contribution is 2.44. The van der Waals surface area contributed by atoms with Gasteiger partial charge in [0.1, 0.15) is 51.5 Å². The summed E-state index contributed by atoms with van der Waals surface area (Å²) in [5.74, 6) is 3.93. The number of benzene rings is 5. The van der Waals surface area contributed by atoms with Gasteiger partial charge in [-0.05, 0) is 229 Å². The molecule has 0 bridgehead atoms. The number of nitrogens with zero attached hydrogens (tertiary/aromatic N) is 18. The van der Waals surface area contributed by atoms with Crippen LogP contribution in [0.2, 0.25) is 0 Å². The number of anilines is 3. The van der Waals surface area contributed by atoms with E-state index in [1.807, 2.05) is 148 Å². The third-order valence-electron chi connectivity index (χ3n) is 25.5. The molecule has 2 N–H and O–H groups in total. The zero-order valence-corrected chi connectivity index (χ0v) is 75.0. The van der Waals surface area contributed by atoms with E-state index in [0.717, 1.165) is 200 Å². The van der Waals surface area contributed by atoms with Crippen molar-refractivity contribution in [3.05, 3.63) is 375 Å². The van der Waals surface area contributed by atoms with Gasteiger partial charge in [0.15, 0.2) is 0 Å². The van der Waals surface area contributed by atoms with Crippen molar-refractivity contribution < 1.29 is 27.8 Å². The predicted octanol–water partition coefficient (Wildman–Crippen LogP) is 24.1. The lowest BCUT2D eigenvalue weighted by molar-refractivity contribution is -0.137. The van der Waals surface area contributed by atoms with Gasteiger partial charge in [0.2, 0.25) is 0 Å². The number of imidazole rings is 5. The van der Waals surface area contributed by atoms with Crippen LogP contribution in [-0.2, 0) is 19.4 Å². The number of aryl methyl sites for hydroxylation is 3. The van der Waals surface area contributed by atoms with E-state index in [1.54, 1.807) is 56.0 Å².